The number of benzene rings is 1. The Kier molecular flexibility index (Phi) is 4.15. The molecule has 1 saturated heterocycles. The summed E-state index contributed by atoms with van der Waals surface area (Å²) in [6.45, 7) is 1.02. The van der Waals surface area contributed by atoms with Gasteiger partial charge in [-0.1, -0.05) is 30.3 Å². The van der Waals surface area contributed by atoms with Gasteiger partial charge in [0, 0.05) is 18.3 Å². The molecule has 126 valence electrons. The second-order valence-corrected chi connectivity index (χ2v) is 6.74. The van der Waals surface area contributed by atoms with Crippen molar-refractivity contribution in [2.24, 2.45) is 4.99 Å². The number of aromatic nitrogens is 1. The van der Waals surface area contributed by atoms with E-state index in [1.54, 1.807) is 6.20 Å². The fraction of sp³-hybridized carbons (Fsp3) is 0.167. The molecule has 1 aromatic heterocycles. The second-order valence-electron chi connectivity index (χ2n) is 5.74. The fourth-order valence-electron chi connectivity index (χ4n) is 2.91. The van der Waals surface area contributed by atoms with Crippen LogP contribution in [0.15, 0.2) is 52.5 Å². The van der Waals surface area contributed by atoms with E-state index in [-0.39, 0.29) is 11.8 Å². The summed E-state index contributed by atoms with van der Waals surface area (Å²) in [6.07, 6.45) is 2.33. The number of nitrogens with one attached hydrogen (secondary N) is 3. The lowest BCUT2D eigenvalue weighted by Crippen LogP contribution is -2.22. The first-order chi connectivity index (χ1) is 12.2. The van der Waals surface area contributed by atoms with Crippen molar-refractivity contribution in [2.45, 2.75) is 13.0 Å². The number of hydrogen-bond acceptors (Lipinski definition) is 4. The highest BCUT2D eigenvalue weighted by Crippen LogP contribution is 2.36. The van der Waals surface area contributed by atoms with Gasteiger partial charge in [-0.3, -0.25) is 14.6 Å². The molecule has 4 rings (SSSR count). The lowest BCUT2D eigenvalue weighted by Gasteiger charge is -2.05. The molecule has 0 aliphatic carbocycles. The minimum Gasteiger partial charge on any atom is -0.357 e. The normalized spacial score (nSPS) is 21.7. The predicted octanol–water partition coefficient (Wildman–Crippen LogP) is 2.28. The Morgan fingerprint density at radius 2 is 1.92 bits per heavy atom. The van der Waals surface area contributed by atoms with Gasteiger partial charge < -0.3 is 15.6 Å². The van der Waals surface area contributed by atoms with Crippen LogP contribution in [0.3, 0.4) is 0 Å². The number of aromatic amines is 1. The van der Waals surface area contributed by atoms with Crippen molar-refractivity contribution in [3.63, 3.8) is 0 Å². The first-order valence-corrected chi connectivity index (χ1v) is 8.80. The van der Waals surface area contributed by atoms with Crippen molar-refractivity contribution in [1.82, 2.24) is 15.6 Å². The van der Waals surface area contributed by atoms with Crippen LogP contribution in [0.2, 0.25) is 0 Å². The number of amides is 2. The molecule has 0 atom stereocenters. The smallest absolute Gasteiger partial charge is 0.268 e. The molecule has 6 nitrogen and oxygen atoms in total. The van der Waals surface area contributed by atoms with E-state index in [0.29, 0.717) is 35.3 Å². The first kappa shape index (κ1) is 15.7. The van der Waals surface area contributed by atoms with Crippen molar-refractivity contribution in [1.29, 1.82) is 0 Å². The summed E-state index contributed by atoms with van der Waals surface area (Å²) in [5, 5.41) is 6.26. The Balaban J connectivity index is 1.63. The fourth-order valence-corrected chi connectivity index (χ4v) is 3.85. The van der Waals surface area contributed by atoms with Gasteiger partial charge in [0.1, 0.15) is 5.69 Å². The molecule has 2 aromatic rings. The van der Waals surface area contributed by atoms with E-state index in [1.807, 2.05) is 36.4 Å². The zero-order valence-corrected chi connectivity index (χ0v) is 14.2. The maximum atomic E-state index is 12.4. The maximum Gasteiger partial charge on any atom is 0.268 e. The van der Waals surface area contributed by atoms with Gasteiger partial charge in [0.25, 0.3) is 11.8 Å². The lowest BCUT2D eigenvalue weighted by atomic mass is 10.0. The van der Waals surface area contributed by atoms with Gasteiger partial charge in [-0.2, -0.15) is 0 Å². The summed E-state index contributed by atoms with van der Waals surface area (Å²) >= 11 is 1.34. The zero-order valence-electron chi connectivity index (χ0n) is 13.3. The average molecular weight is 352 g/mol. The molecule has 0 radical (unpaired) electrons. The number of amidine groups is 1. The van der Waals surface area contributed by atoms with Crippen molar-refractivity contribution >= 4 is 34.3 Å². The molecule has 7 heteroatoms. The van der Waals surface area contributed by atoms with Gasteiger partial charge in [0.15, 0.2) is 5.17 Å². The number of carbonyl (C=O) groups is 2. The molecule has 3 N–H and O–H groups in total. The van der Waals surface area contributed by atoms with Crippen LogP contribution in [0, 0.1) is 0 Å². The quantitative estimate of drug-likeness (QED) is 0.725. The summed E-state index contributed by atoms with van der Waals surface area (Å²) in [7, 11) is 0. The number of aliphatic imine (C=N–C) groups is 1. The average Bonchev–Trinajstić information content (AvgIpc) is 3.21. The first-order valence-electron chi connectivity index (χ1n) is 7.99. The molecule has 25 heavy (non-hydrogen) atoms. The summed E-state index contributed by atoms with van der Waals surface area (Å²) in [6, 6.07) is 11.7. The monoisotopic (exact) mass is 352 g/mol. The molecule has 0 bridgehead atoms. The number of rotatable bonds is 2. The number of nitrogens with zero attached hydrogens (tertiary/aromatic N) is 1. The maximum absolute atomic E-state index is 12.4. The minimum atomic E-state index is -0.159. The van der Waals surface area contributed by atoms with Gasteiger partial charge in [0.2, 0.25) is 0 Å². The third-order valence-electron chi connectivity index (χ3n) is 4.11. The Morgan fingerprint density at radius 1 is 1.08 bits per heavy atom. The molecule has 2 aliphatic heterocycles. The van der Waals surface area contributed by atoms with E-state index in [0.717, 1.165) is 16.7 Å². The van der Waals surface area contributed by atoms with Crippen molar-refractivity contribution in [3.05, 3.63) is 64.3 Å². The van der Waals surface area contributed by atoms with Crippen LogP contribution in [0.1, 0.15) is 28.0 Å². The highest BCUT2D eigenvalue weighted by Gasteiger charge is 2.30. The van der Waals surface area contributed by atoms with Crippen molar-refractivity contribution < 1.29 is 9.59 Å². The molecule has 1 aromatic carbocycles. The molecule has 2 aliphatic rings. The summed E-state index contributed by atoms with van der Waals surface area (Å²) in [5.41, 5.74) is 3.25. The number of fused-ring (bicyclic) bond motifs is 1. The third-order valence-corrected chi connectivity index (χ3v) is 5.17. The van der Waals surface area contributed by atoms with Crippen LogP contribution in [0.25, 0.3) is 5.57 Å². The zero-order chi connectivity index (χ0) is 17.2. The molecule has 0 unspecified atom stereocenters. The number of hydrogen-bond donors (Lipinski definition) is 3. The predicted molar refractivity (Wildman–Crippen MR) is 98.0 cm³/mol. The topological polar surface area (TPSA) is 86.3 Å². The van der Waals surface area contributed by atoms with Crippen LogP contribution < -0.4 is 10.6 Å². The molecule has 2 amide bonds. The van der Waals surface area contributed by atoms with E-state index in [2.05, 4.69) is 20.6 Å². The van der Waals surface area contributed by atoms with E-state index >= 15 is 0 Å². The largest absolute Gasteiger partial charge is 0.357 e. The number of thioether (sulfide) groups is 1. The van der Waals surface area contributed by atoms with E-state index < -0.39 is 0 Å². The molecule has 0 saturated carbocycles. The van der Waals surface area contributed by atoms with Crippen LogP contribution in [-0.2, 0) is 11.3 Å². The SMILES string of the molecule is O=C1NC(=NCc2ccccc2)S/C1=C1/CCNC(=O)c2[nH]ccc21. The van der Waals surface area contributed by atoms with E-state index in [1.165, 1.54) is 11.8 Å². The van der Waals surface area contributed by atoms with Crippen molar-refractivity contribution in [2.75, 3.05) is 6.54 Å². The van der Waals surface area contributed by atoms with Gasteiger partial charge in [0.05, 0.1) is 11.4 Å². The molecule has 3 heterocycles. The highest BCUT2D eigenvalue weighted by molar-refractivity contribution is 8.18. The Morgan fingerprint density at radius 3 is 2.76 bits per heavy atom. The Bertz CT molecular complexity index is 899. The lowest BCUT2D eigenvalue weighted by molar-refractivity contribution is -0.115. The molecular formula is C18H16N4O2S. The van der Waals surface area contributed by atoms with Gasteiger partial charge in [-0.05, 0) is 35.4 Å². The van der Waals surface area contributed by atoms with Gasteiger partial charge >= 0.3 is 0 Å². The number of carbonyl (C=O) groups excluding carboxylic acids is 2. The molecular weight excluding hydrogens is 336 g/mol. The Hall–Kier alpha value is -2.80. The van der Waals surface area contributed by atoms with Gasteiger partial charge in [-0.25, -0.2) is 0 Å². The van der Waals surface area contributed by atoms with Crippen molar-refractivity contribution in [3.8, 4) is 0 Å². The second kappa shape index (κ2) is 6.60. The molecule has 1 fully saturated rings. The van der Waals surface area contributed by atoms with Gasteiger partial charge in [-0.15, -0.1) is 0 Å². The summed E-state index contributed by atoms with van der Waals surface area (Å²) in [5.74, 6) is -0.301. The standard InChI is InChI=1S/C18H16N4O2S/c23-16-14-12(6-8-19-14)13(7-9-20-16)15-17(24)22-18(25-15)21-10-11-4-2-1-3-5-11/h1-6,8,19H,7,9-10H2,(H,20,23)(H,21,22,24)/b15-13-. The molecule has 0 spiro atoms. The van der Waals surface area contributed by atoms with Crippen LogP contribution in [0.4, 0.5) is 0 Å². The van der Waals surface area contributed by atoms with E-state index in [9.17, 15) is 9.59 Å². The van der Waals surface area contributed by atoms with Crippen LogP contribution >= 0.6 is 11.8 Å². The van der Waals surface area contributed by atoms with Crippen LogP contribution in [-0.4, -0.2) is 28.5 Å². The van der Waals surface area contributed by atoms with E-state index in [4.69, 9.17) is 0 Å². The highest BCUT2D eigenvalue weighted by atomic mass is 32.2. The summed E-state index contributed by atoms with van der Waals surface area (Å²) < 4.78 is 0. The Labute approximate surface area is 148 Å². The minimum absolute atomic E-state index is 0.142. The van der Waals surface area contributed by atoms with Crippen LogP contribution in [0.5, 0.6) is 0 Å². The number of H-pyrrole nitrogens is 1. The summed E-state index contributed by atoms with van der Waals surface area (Å²) in [4.78, 5) is 32.5. The third kappa shape index (κ3) is 3.10.